The molecule has 0 aromatic heterocycles. The van der Waals surface area contributed by atoms with Crippen LogP contribution in [0.25, 0.3) is 0 Å². The maximum atomic E-state index is 13.9. The molecule has 1 fully saturated rings. The number of anilines is 1. The van der Waals surface area contributed by atoms with Gasteiger partial charge in [-0.1, -0.05) is 6.07 Å². The highest BCUT2D eigenvalue weighted by Gasteiger charge is 2.25. The summed E-state index contributed by atoms with van der Waals surface area (Å²) in [5.74, 6) is -2.65. The summed E-state index contributed by atoms with van der Waals surface area (Å²) in [6.07, 6.45) is 1.51. The van der Waals surface area contributed by atoms with Crippen molar-refractivity contribution >= 4 is 17.6 Å². The van der Waals surface area contributed by atoms with E-state index in [2.05, 4.69) is 0 Å². The topological polar surface area (TPSA) is 81.1 Å². The molecule has 0 spiro atoms. The van der Waals surface area contributed by atoms with Crippen molar-refractivity contribution in [1.82, 2.24) is 4.90 Å². The summed E-state index contributed by atoms with van der Waals surface area (Å²) in [6, 6.07) is 4.60. The van der Waals surface area contributed by atoms with Gasteiger partial charge in [0.2, 0.25) is 0 Å². The molecular formula is C16H21FN2O4. The lowest BCUT2D eigenvalue weighted by molar-refractivity contribution is -0.143. The van der Waals surface area contributed by atoms with E-state index in [4.69, 9.17) is 10.2 Å². The van der Waals surface area contributed by atoms with E-state index in [1.54, 1.807) is 12.1 Å². The number of nitrogens with zero attached hydrogens (tertiary/aromatic N) is 2. The minimum atomic E-state index is -1.03. The molecule has 1 aromatic carbocycles. The van der Waals surface area contributed by atoms with E-state index in [0.29, 0.717) is 19.5 Å². The Labute approximate surface area is 134 Å². The SMILES string of the molecule is CN(CC(=O)O)c1cc(CN2CCCC(C(=O)O)C2)ccc1F. The predicted molar refractivity (Wildman–Crippen MR) is 82.9 cm³/mol. The van der Waals surface area contributed by atoms with E-state index in [-0.39, 0.29) is 18.2 Å². The van der Waals surface area contributed by atoms with Crippen molar-refractivity contribution in [2.45, 2.75) is 19.4 Å². The molecule has 2 rings (SSSR count). The number of aliphatic carboxylic acids is 2. The Morgan fingerprint density at radius 3 is 2.78 bits per heavy atom. The highest BCUT2D eigenvalue weighted by Crippen LogP contribution is 2.23. The van der Waals surface area contributed by atoms with Gasteiger partial charge in [-0.25, -0.2) is 4.39 Å². The molecule has 6 nitrogen and oxygen atoms in total. The molecule has 1 unspecified atom stereocenters. The number of hydrogen-bond donors (Lipinski definition) is 2. The van der Waals surface area contributed by atoms with Gasteiger partial charge < -0.3 is 15.1 Å². The van der Waals surface area contributed by atoms with E-state index in [0.717, 1.165) is 18.5 Å². The molecule has 7 heteroatoms. The first-order valence-corrected chi connectivity index (χ1v) is 7.53. The number of halogens is 1. The van der Waals surface area contributed by atoms with Crippen molar-refractivity contribution in [3.8, 4) is 0 Å². The van der Waals surface area contributed by atoms with Crippen LogP contribution in [0.1, 0.15) is 18.4 Å². The van der Waals surface area contributed by atoms with Gasteiger partial charge >= 0.3 is 11.9 Å². The second kappa shape index (κ2) is 7.41. The number of carbonyl (C=O) groups is 2. The summed E-state index contributed by atoms with van der Waals surface area (Å²) in [5.41, 5.74) is 1.07. The van der Waals surface area contributed by atoms with Crippen LogP contribution in [0.5, 0.6) is 0 Å². The highest BCUT2D eigenvalue weighted by atomic mass is 19.1. The van der Waals surface area contributed by atoms with Crippen molar-refractivity contribution in [2.75, 3.05) is 31.6 Å². The summed E-state index contributed by atoms with van der Waals surface area (Å²) >= 11 is 0. The molecule has 1 saturated heterocycles. The van der Waals surface area contributed by atoms with Crippen LogP contribution in [-0.4, -0.2) is 53.7 Å². The molecule has 0 saturated carbocycles. The monoisotopic (exact) mass is 324 g/mol. The number of likely N-dealkylation sites (tertiary alicyclic amines) is 1. The van der Waals surface area contributed by atoms with E-state index >= 15 is 0 Å². The number of benzene rings is 1. The molecule has 23 heavy (non-hydrogen) atoms. The van der Waals surface area contributed by atoms with Gasteiger partial charge in [0, 0.05) is 20.1 Å². The molecular weight excluding hydrogens is 303 g/mol. The third-order valence-corrected chi connectivity index (χ3v) is 4.06. The summed E-state index contributed by atoms with van der Waals surface area (Å²) in [7, 11) is 1.53. The first kappa shape index (κ1) is 17.2. The van der Waals surface area contributed by atoms with Crippen LogP contribution in [0.2, 0.25) is 0 Å². The van der Waals surface area contributed by atoms with Crippen molar-refractivity contribution in [3.05, 3.63) is 29.6 Å². The fraction of sp³-hybridized carbons (Fsp3) is 0.500. The number of rotatable bonds is 6. The number of carboxylic acids is 2. The quantitative estimate of drug-likeness (QED) is 0.828. The summed E-state index contributed by atoms with van der Waals surface area (Å²) in [5, 5.41) is 17.9. The van der Waals surface area contributed by atoms with Gasteiger partial charge in [0.1, 0.15) is 12.4 Å². The number of hydrogen-bond acceptors (Lipinski definition) is 4. The molecule has 1 aliphatic rings. The van der Waals surface area contributed by atoms with Crippen molar-refractivity contribution in [2.24, 2.45) is 5.92 Å². The zero-order valence-electron chi connectivity index (χ0n) is 13.0. The van der Waals surface area contributed by atoms with Gasteiger partial charge in [0.15, 0.2) is 0 Å². The molecule has 0 bridgehead atoms. The van der Waals surface area contributed by atoms with Crippen molar-refractivity contribution < 1.29 is 24.2 Å². The van der Waals surface area contributed by atoms with E-state index in [1.165, 1.54) is 18.0 Å². The Kier molecular flexibility index (Phi) is 5.54. The molecule has 0 radical (unpaired) electrons. The van der Waals surface area contributed by atoms with Gasteiger partial charge in [0.25, 0.3) is 0 Å². The number of piperidine rings is 1. The Morgan fingerprint density at radius 1 is 1.39 bits per heavy atom. The van der Waals surface area contributed by atoms with E-state index in [1.807, 2.05) is 4.90 Å². The number of likely N-dealkylation sites (N-methyl/N-ethyl adjacent to an activating group) is 1. The highest BCUT2D eigenvalue weighted by molar-refractivity contribution is 5.73. The molecule has 0 aliphatic carbocycles. The van der Waals surface area contributed by atoms with Crippen molar-refractivity contribution in [1.29, 1.82) is 0 Å². The average molecular weight is 324 g/mol. The van der Waals surface area contributed by atoms with Crippen LogP contribution in [0.3, 0.4) is 0 Å². The fourth-order valence-corrected chi connectivity index (χ4v) is 2.90. The van der Waals surface area contributed by atoms with Crippen LogP contribution in [0.15, 0.2) is 18.2 Å². The van der Waals surface area contributed by atoms with Crippen LogP contribution in [0.4, 0.5) is 10.1 Å². The largest absolute Gasteiger partial charge is 0.481 e. The molecule has 1 atom stereocenters. The summed E-state index contributed by atoms with van der Waals surface area (Å²) in [6.45, 7) is 1.53. The predicted octanol–water partition coefficient (Wildman–Crippen LogP) is 1.64. The first-order chi connectivity index (χ1) is 10.9. The second-order valence-electron chi connectivity index (χ2n) is 5.95. The molecule has 0 amide bonds. The van der Waals surface area contributed by atoms with E-state index in [9.17, 15) is 14.0 Å². The first-order valence-electron chi connectivity index (χ1n) is 7.53. The van der Waals surface area contributed by atoms with E-state index < -0.39 is 17.8 Å². The lowest BCUT2D eigenvalue weighted by Crippen LogP contribution is -2.38. The fourth-order valence-electron chi connectivity index (χ4n) is 2.90. The van der Waals surface area contributed by atoms with Crippen LogP contribution in [-0.2, 0) is 16.1 Å². The van der Waals surface area contributed by atoms with Crippen LogP contribution in [0, 0.1) is 11.7 Å². The minimum Gasteiger partial charge on any atom is -0.481 e. The molecule has 1 aliphatic heterocycles. The zero-order valence-corrected chi connectivity index (χ0v) is 13.0. The van der Waals surface area contributed by atoms with Crippen LogP contribution >= 0.6 is 0 Å². The van der Waals surface area contributed by atoms with Crippen molar-refractivity contribution in [3.63, 3.8) is 0 Å². The second-order valence-corrected chi connectivity index (χ2v) is 5.95. The molecule has 126 valence electrons. The smallest absolute Gasteiger partial charge is 0.323 e. The molecule has 2 N–H and O–H groups in total. The van der Waals surface area contributed by atoms with Gasteiger partial charge in [0.05, 0.1) is 11.6 Å². The number of carboxylic acid groups (broad SMARTS) is 2. The Morgan fingerprint density at radius 2 is 2.13 bits per heavy atom. The van der Waals surface area contributed by atoms with Crippen LogP contribution < -0.4 is 4.90 Å². The maximum absolute atomic E-state index is 13.9. The Bertz CT molecular complexity index is 593. The standard InChI is InChI=1S/C16H21FN2O4/c1-18(10-15(20)21)14-7-11(4-5-13(14)17)8-19-6-2-3-12(9-19)16(22)23/h4-5,7,12H,2-3,6,8-10H2,1H3,(H,20,21)(H,22,23). The lowest BCUT2D eigenvalue weighted by atomic mass is 9.98. The molecule has 1 aromatic rings. The zero-order chi connectivity index (χ0) is 17.0. The van der Waals surface area contributed by atoms with Gasteiger partial charge in [-0.2, -0.15) is 0 Å². The average Bonchev–Trinajstić information content (AvgIpc) is 2.48. The Hall–Kier alpha value is -2.15. The summed E-state index contributed by atoms with van der Waals surface area (Å²) < 4.78 is 13.9. The molecule has 1 heterocycles. The van der Waals surface area contributed by atoms with Gasteiger partial charge in [-0.15, -0.1) is 0 Å². The van der Waals surface area contributed by atoms with Gasteiger partial charge in [-0.05, 0) is 37.1 Å². The lowest BCUT2D eigenvalue weighted by Gasteiger charge is -2.31. The maximum Gasteiger partial charge on any atom is 0.323 e. The summed E-state index contributed by atoms with van der Waals surface area (Å²) in [4.78, 5) is 25.3. The normalized spacial score (nSPS) is 18.6. The Balaban J connectivity index is 2.08. The van der Waals surface area contributed by atoms with Gasteiger partial charge in [-0.3, -0.25) is 14.5 Å². The third-order valence-electron chi connectivity index (χ3n) is 4.06. The minimum absolute atomic E-state index is 0.233. The third kappa shape index (κ3) is 4.66.